The van der Waals surface area contributed by atoms with Crippen LogP contribution < -0.4 is 0 Å². The van der Waals surface area contributed by atoms with Crippen molar-refractivity contribution in [3.8, 4) is 0 Å². The summed E-state index contributed by atoms with van der Waals surface area (Å²) in [6.07, 6.45) is -6.12. The molecule has 2 unspecified atom stereocenters. The predicted octanol–water partition coefficient (Wildman–Crippen LogP) is 5.17. The van der Waals surface area contributed by atoms with Crippen molar-refractivity contribution in [2.75, 3.05) is 7.05 Å². The summed E-state index contributed by atoms with van der Waals surface area (Å²) < 4.78 is 78.0. The molecule has 0 aromatic heterocycles. The number of piperidine rings is 2. The summed E-state index contributed by atoms with van der Waals surface area (Å²) in [4.78, 5) is 14.9. The van der Waals surface area contributed by atoms with E-state index in [9.17, 15) is 31.1 Å². The molecule has 2 nitrogen and oxygen atoms in total. The molecular weight excluding hydrogens is 360 g/mol. The number of carbonyl (C=O) groups excluding carboxylic acids is 1. The number of benzene rings is 1. The van der Waals surface area contributed by atoms with Crippen LogP contribution in [-0.2, 0) is 12.4 Å². The minimum absolute atomic E-state index is 0.0557. The van der Waals surface area contributed by atoms with E-state index >= 15 is 0 Å². The molecule has 0 N–H and O–H groups in total. The largest absolute Gasteiger partial charge is 0.416 e. The van der Waals surface area contributed by atoms with Gasteiger partial charge >= 0.3 is 12.4 Å². The summed E-state index contributed by atoms with van der Waals surface area (Å²) in [6, 6.07) is 1.46. The van der Waals surface area contributed by atoms with Crippen molar-refractivity contribution in [3.63, 3.8) is 0 Å². The van der Waals surface area contributed by atoms with Gasteiger partial charge in [-0.1, -0.05) is 6.42 Å². The smallest absolute Gasteiger partial charge is 0.300 e. The van der Waals surface area contributed by atoms with Crippen LogP contribution in [-0.4, -0.2) is 29.8 Å². The number of fused-ring (bicyclic) bond motifs is 2. The van der Waals surface area contributed by atoms with Crippen LogP contribution in [0.3, 0.4) is 0 Å². The Morgan fingerprint density at radius 3 is 1.81 bits per heavy atom. The predicted molar refractivity (Wildman–Crippen MR) is 82.7 cm³/mol. The van der Waals surface area contributed by atoms with Gasteiger partial charge in [0.1, 0.15) is 0 Å². The van der Waals surface area contributed by atoms with Crippen molar-refractivity contribution in [3.05, 3.63) is 34.9 Å². The van der Waals surface area contributed by atoms with Crippen LogP contribution in [0.5, 0.6) is 0 Å². The SMILES string of the molecule is CN1C2CCCC1CC(C(=O)c1cc(C(F)(F)F)cc(C(F)(F)F)c1)C2. The van der Waals surface area contributed by atoms with Gasteiger partial charge in [-0.3, -0.25) is 4.79 Å². The van der Waals surface area contributed by atoms with E-state index in [1.165, 1.54) is 0 Å². The maximum absolute atomic E-state index is 13.0. The molecule has 2 atom stereocenters. The Morgan fingerprint density at radius 2 is 1.38 bits per heavy atom. The van der Waals surface area contributed by atoms with E-state index in [1.54, 1.807) is 0 Å². The molecule has 0 aliphatic carbocycles. The quantitative estimate of drug-likeness (QED) is 0.522. The van der Waals surface area contributed by atoms with E-state index in [-0.39, 0.29) is 18.2 Å². The minimum Gasteiger partial charge on any atom is -0.300 e. The van der Waals surface area contributed by atoms with Crippen LogP contribution in [0, 0.1) is 5.92 Å². The maximum Gasteiger partial charge on any atom is 0.416 e. The third-order valence-electron chi connectivity index (χ3n) is 5.58. The number of alkyl halides is 6. The zero-order valence-corrected chi connectivity index (χ0v) is 14.1. The lowest BCUT2D eigenvalue weighted by molar-refractivity contribution is -0.143. The molecule has 2 heterocycles. The van der Waals surface area contributed by atoms with Crippen molar-refractivity contribution in [2.45, 2.75) is 56.5 Å². The highest BCUT2D eigenvalue weighted by molar-refractivity contribution is 5.98. The molecule has 8 heteroatoms. The number of hydrogen-bond donors (Lipinski definition) is 0. The zero-order valence-electron chi connectivity index (χ0n) is 14.1. The van der Waals surface area contributed by atoms with Gasteiger partial charge in [-0.25, -0.2) is 0 Å². The van der Waals surface area contributed by atoms with Crippen LogP contribution in [0.15, 0.2) is 18.2 Å². The van der Waals surface area contributed by atoms with Gasteiger partial charge in [-0.15, -0.1) is 0 Å². The van der Waals surface area contributed by atoms with Crippen LogP contribution in [0.1, 0.15) is 53.6 Å². The van der Waals surface area contributed by atoms with Crippen molar-refractivity contribution in [1.29, 1.82) is 0 Å². The topological polar surface area (TPSA) is 20.3 Å². The number of halogens is 6. The van der Waals surface area contributed by atoms with Crippen LogP contribution >= 0.6 is 0 Å². The molecule has 2 fully saturated rings. The second kappa shape index (κ2) is 6.55. The fourth-order valence-corrected chi connectivity index (χ4v) is 4.16. The standard InChI is InChI=1S/C18H19F6NO/c1-25-14-3-2-4-15(25)8-11(7-14)16(26)10-5-12(17(19,20)21)9-13(6-10)18(22,23)24/h5-6,9,11,14-15H,2-4,7-8H2,1H3. The summed E-state index contributed by atoms with van der Waals surface area (Å²) in [5.41, 5.74) is -3.38. The van der Waals surface area contributed by atoms with E-state index < -0.39 is 40.7 Å². The van der Waals surface area contributed by atoms with Gasteiger partial charge in [0.05, 0.1) is 11.1 Å². The number of nitrogens with zero attached hydrogens (tertiary/aromatic N) is 1. The molecule has 2 bridgehead atoms. The first-order valence-corrected chi connectivity index (χ1v) is 8.52. The van der Waals surface area contributed by atoms with E-state index in [0.717, 1.165) is 19.3 Å². The molecule has 0 spiro atoms. The lowest BCUT2D eigenvalue weighted by Crippen LogP contribution is -2.51. The number of hydrogen-bond acceptors (Lipinski definition) is 2. The van der Waals surface area contributed by atoms with Gasteiger partial charge in [0.2, 0.25) is 0 Å². The summed E-state index contributed by atoms with van der Waals surface area (Å²) in [5, 5.41) is 0. The third-order valence-corrected chi connectivity index (χ3v) is 5.58. The van der Waals surface area contributed by atoms with Gasteiger partial charge in [-0.05, 0) is 50.9 Å². The van der Waals surface area contributed by atoms with Crippen molar-refractivity contribution in [1.82, 2.24) is 4.90 Å². The maximum atomic E-state index is 13.0. The van der Waals surface area contributed by atoms with E-state index in [2.05, 4.69) is 4.90 Å². The second-order valence-corrected chi connectivity index (χ2v) is 7.23. The molecule has 0 saturated carbocycles. The molecule has 2 aliphatic heterocycles. The highest BCUT2D eigenvalue weighted by Crippen LogP contribution is 2.40. The van der Waals surface area contributed by atoms with Gasteiger partial charge in [0.15, 0.2) is 5.78 Å². The first-order valence-electron chi connectivity index (χ1n) is 8.52. The molecule has 3 rings (SSSR count). The Kier molecular flexibility index (Phi) is 4.83. The summed E-state index contributed by atoms with van der Waals surface area (Å²) >= 11 is 0. The fourth-order valence-electron chi connectivity index (χ4n) is 4.16. The van der Waals surface area contributed by atoms with Gasteiger partial charge < -0.3 is 4.90 Å². The molecule has 26 heavy (non-hydrogen) atoms. The molecule has 1 aromatic rings. The minimum atomic E-state index is -4.94. The summed E-state index contributed by atoms with van der Waals surface area (Å²) in [6.45, 7) is 0. The molecule has 144 valence electrons. The van der Waals surface area contributed by atoms with Crippen molar-refractivity contribution >= 4 is 5.78 Å². The Balaban J connectivity index is 1.94. The lowest BCUT2D eigenvalue weighted by Gasteiger charge is -2.46. The van der Waals surface area contributed by atoms with E-state index in [0.29, 0.717) is 25.0 Å². The highest BCUT2D eigenvalue weighted by atomic mass is 19.4. The number of rotatable bonds is 2. The molecule has 0 radical (unpaired) electrons. The fraction of sp³-hybridized carbons (Fsp3) is 0.611. The van der Waals surface area contributed by atoms with E-state index in [4.69, 9.17) is 0 Å². The Morgan fingerprint density at radius 1 is 0.923 bits per heavy atom. The van der Waals surface area contributed by atoms with Crippen molar-refractivity contribution < 1.29 is 31.1 Å². The molecule has 1 aromatic carbocycles. The molecule has 2 saturated heterocycles. The Bertz CT molecular complexity index is 650. The van der Waals surface area contributed by atoms with Crippen LogP contribution in [0.25, 0.3) is 0 Å². The summed E-state index contributed by atoms with van der Waals surface area (Å²) in [7, 11) is 1.96. The molecule has 2 aliphatic rings. The summed E-state index contributed by atoms with van der Waals surface area (Å²) in [5.74, 6) is -1.15. The van der Waals surface area contributed by atoms with Gasteiger partial charge in [-0.2, -0.15) is 26.3 Å². The second-order valence-electron chi connectivity index (χ2n) is 7.23. The number of ketones is 1. The average molecular weight is 379 g/mol. The zero-order chi connectivity index (χ0) is 19.3. The number of carbonyl (C=O) groups is 1. The van der Waals surface area contributed by atoms with Crippen LogP contribution in [0.4, 0.5) is 26.3 Å². The Hall–Kier alpha value is -1.57. The van der Waals surface area contributed by atoms with Gasteiger partial charge in [0, 0.05) is 23.6 Å². The normalized spacial score (nSPS) is 27.4. The Labute approximate surface area is 147 Å². The first-order chi connectivity index (χ1) is 12.0. The molecular formula is C18H19F6NO. The third kappa shape index (κ3) is 3.75. The van der Waals surface area contributed by atoms with Gasteiger partial charge in [0.25, 0.3) is 0 Å². The number of Topliss-reactive ketones (excluding diaryl/α,β-unsaturated/α-hetero) is 1. The lowest BCUT2D eigenvalue weighted by atomic mass is 9.76. The van der Waals surface area contributed by atoms with E-state index in [1.807, 2.05) is 7.05 Å². The van der Waals surface area contributed by atoms with Crippen LogP contribution in [0.2, 0.25) is 0 Å². The average Bonchev–Trinajstić information content (AvgIpc) is 2.52. The first kappa shape index (κ1) is 19.2. The van der Waals surface area contributed by atoms with Crippen molar-refractivity contribution in [2.24, 2.45) is 5.92 Å². The molecule has 0 amide bonds. The monoisotopic (exact) mass is 379 g/mol. The highest BCUT2D eigenvalue weighted by Gasteiger charge is 2.41.